The van der Waals surface area contributed by atoms with E-state index in [0.29, 0.717) is 0 Å². The van der Waals surface area contributed by atoms with Gasteiger partial charge in [0.1, 0.15) is 5.04 Å². The average molecular weight is 377 g/mol. The van der Waals surface area contributed by atoms with E-state index >= 15 is 0 Å². The molecule has 130 valence electrons. The lowest BCUT2D eigenvalue weighted by Crippen LogP contribution is -2.41. The lowest BCUT2D eigenvalue weighted by atomic mass is 9.87. The monoisotopic (exact) mass is 376 g/mol. The third-order valence-corrected chi connectivity index (χ3v) is 6.91. The van der Waals surface area contributed by atoms with Crippen molar-refractivity contribution in [2.24, 2.45) is 16.8 Å². The zero-order valence-electron chi connectivity index (χ0n) is 13.8. The molecule has 1 aromatic rings. The Hall–Kier alpha value is -0.670. The molecule has 0 saturated carbocycles. The van der Waals surface area contributed by atoms with Gasteiger partial charge in [-0.2, -0.15) is 13.1 Å². The van der Waals surface area contributed by atoms with Crippen LogP contribution in [0.1, 0.15) is 25.6 Å². The quantitative estimate of drug-likeness (QED) is 0.315. The number of rotatable bonds is 8. The lowest BCUT2D eigenvalue weighted by molar-refractivity contribution is 0.333. The summed E-state index contributed by atoms with van der Waals surface area (Å²) in [6.45, 7) is 9.76. The van der Waals surface area contributed by atoms with Gasteiger partial charge in [0.2, 0.25) is 0 Å². The van der Waals surface area contributed by atoms with Gasteiger partial charge in [-0.3, -0.25) is 9.55 Å². The highest BCUT2D eigenvalue weighted by Crippen LogP contribution is 2.31. The molecular formula is C15H24N2O3S3. The molecule has 1 aromatic heterocycles. The zero-order chi connectivity index (χ0) is 17.6. The average Bonchev–Trinajstić information content (AvgIpc) is 3.01. The second-order valence-corrected chi connectivity index (χ2v) is 8.90. The van der Waals surface area contributed by atoms with Crippen LogP contribution in [0.3, 0.4) is 0 Å². The maximum absolute atomic E-state index is 11.1. The normalized spacial score (nSPS) is 18.2. The van der Waals surface area contributed by atoms with Gasteiger partial charge in [0.05, 0.1) is 4.88 Å². The Morgan fingerprint density at radius 1 is 1.43 bits per heavy atom. The Morgan fingerprint density at radius 2 is 2.09 bits per heavy atom. The summed E-state index contributed by atoms with van der Waals surface area (Å²) >= 11 is 3.31. The number of thioether (sulfide) groups is 1. The van der Waals surface area contributed by atoms with Crippen molar-refractivity contribution in [3.8, 4) is 0 Å². The number of nitrogens with one attached hydrogen (secondary N) is 1. The van der Waals surface area contributed by atoms with Crippen LogP contribution in [0.25, 0.3) is 0 Å². The largest absolute Gasteiger partial charge is 0.333 e. The van der Waals surface area contributed by atoms with E-state index in [-0.39, 0.29) is 17.1 Å². The highest BCUT2D eigenvalue weighted by molar-refractivity contribution is 8.15. The fourth-order valence-corrected chi connectivity index (χ4v) is 4.90. The van der Waals surface area contributed by atoms with Crippen LogP contribution in [0.2, 0.25) is 0 Å². The van der Waals surface area contributed by atoms with E-state index in [4.69, 9.17) is 4.55 Å². The van der Waals surface area contributed by atoms with Crippen LogP contribution in [0.15, 0.2) is 35.2 Å². The van der Waals surface area contributed by atoms with Crippen molar-refractivity contribution in [3.05, 3.63) is 35.0 Å². The third-order valence-electron chi connectivity index (χ3n) is 3.91. The minimum Gasteiger partial charge on any atom is -0.280 e. The summed E-state index contributed by atoms with van der Waals surface area (Å²) in [6, 6.07) is 3.51. The van der Waals surface area contributed by atoms with Crippen molar-refractivity contribution < 1.29 is 13.0 Å². The molecule has 0 bridgehead atoms. The molecule has 0 amide bonds. The molecule has 0 radical (unpaired) electrons. The molecule has 0 saturated heterocycles. The van der Waals surface area contributed by atoms with Crippen molar-refractivity contribution in [2.75, 3.05) is 7.05 Å². The Morgan fingerprint density at radius 3 is 2.52 bits per heavy atom. The first kappa shape index (κ1) is 20.4. The molecule has 0 aromatic carbocycles. The van der Waals surface area contributed by atoms with Crippen LogP contribution in [0.5, 0.6) is 0 Å². The Kier molecular flexibility index (Phi) is 7.96. The standard InChI is InChI=1S/C15H24N2O3S3/c1-6-13(17-23(18,19)20)11(3)10(2)12(4)22-15(16-5)14-8-7-9-21-14/h6-13,17H,1H2,2-5H3,(H,18,19,20)/t10-,11+,12+,13?/m0/s1. The van der Waals surface area contributed by atoms with Crippen LogP contribution < -0.4 is 4.72 Å². The molecule has 2 N–H and O–H groups in total. The van der Waals surface area contributed by atoms with E-state index in [0.717, 1.165) is 9.92 Å². The summed E-state index contributed by atoms with van der Waals surface area (Å²) in [4.78, 5) is 5.48. The second kappa shape index (κ2) is 8.98. The number of thiophene rings is 1. The van der Waals surface area contributed by atoms with E-state index in [9.17, 15) is 8.42 Å². The molecule has 5 nitrogen and oxygen atoms in total. The molecule has 0 aliphatic rings. The fraction of sp³-hybridized carbons (Fsp3) is 0.533. The van der Waals surface area contributed by atoms with Crippen molar-refractivity contribution in [2.45, 2.75) is 32.1 Å². The van der Waals surface area contributed by atoms with Gasteiger partial charge >= 0.3 is 10.3 Å². The van der Waals surface area contributed by atoms with Crippen LogP contribution in [0, 0.1) is 11.8 Å². The minimum atomic E-state index is -4.25. The highest BCUT2D eigenvalue weighted by Gasteiger charge is 2.28. The van der Waals surface area contributed by atoms with E-state index in [1.54, 1.807) is 30.1 Å². The van der Waals surface area contributed by atoms with Crippen LogP contribution in [-0.4, -0.2) is 36.4 Å². The first-order valence-corrected chi connectivity index (χ1v) is 10.4. The predicted molar refractivity (Wildman–Crippen MR) is 101 cm³/mol. The van der Waals surface area contributed by atoms with Crippen LogP contribution in [-0.2, 0) is 10.3 Å². The van der Waals surface area contributed by atoms with Gasteiger partial charge < -0.3 is 0 Å². The summed E-state index contributed by atoms with van der Waals surface area (Å²) in [5.74, 6) is 0.146. The van der Waals surface area contributed by atoms with Crippen molar-refractivity contribution in [1.82, 2.24) is 4.72 Å². The Bertz CT molecular complexity index is 626. The first-order chi connectivity index (χ1) is 10.7. The first-order valence-electron chi connectivity index (χ1n) is 7.24. The minimum absolute atomic E-state index is 0.0293. The van der Waals surface area contributed by atoms with Crippen LogP contribution >= 0.6 is 23.1 Å². The SMILES string of the molecule is C=CC(NS(=O)(=O)O)[C@H](C)[C@H](C)[C@@H](C)SC(=NC)c1cccs1. The third kappa shape index (κ3) is 6.39. The molecule has 1 heterocycles. The highest BCUT2D eigenvalue weighted by atomic mass is 32.2. The van der Waals surface area contributed by atoms with Crippen LogP contribution in [0.4, 0.5) is 0 Å². The zero-order valence-corrected chi connectivity index (χ0v) is 16.2. The van der Waals surface area contributed by atoms with Gasteiger partial charge in [0.15, 0.2) is 0 Å². The molecule has 0 aliphatic heterocycles. The van der Waals surface area contributed by atoms with Gasteiger partial charge in [0.25, 0.3) is 0 Å². The second-order valence-electron chi connectivity index (χ2n) is 5.40. The fourth-order valence-electron chi connectivity index (χ4n) is 2.20. The summed E-state index contributed by atoms with van der Waals surface area (Å²) in [6.07, 6.45) is 1.51. The summed E-state index contributed by atoms with van der Waals surface area (Å²) < 4.78 is 33.3. The van der Waals surface area contributed by atoms with Gasteiger partial charge in [0, 0.05) is 18.3 Å². The van der Waals surface area contributed by atoms with Crippen molar-refractivity contribution in [1.29, 1.82) is 0 Å². The molecule has 8 heteroatoms. The maximum atomic E-state index is 11.1. The molecule has 1 rings (SSSR count). The van der Waals surface area contributed by atoms with Gasteiger partial charge in [-0.05, 0) is 23.3 Å². The summed E-state index contributed by atoms with van der Waals surface area (Å²) in [5.41, 5.74) is 0. The smallest absolute Gasteiger partial charge is 0.280 e. The van der Waals surface area contributed by atoms with Gasteiger partial charge in [-0.25, -0.2) is 0 Å². The number of hydrogen-bond acceptors (Lipinski definition) is 5. The summed E-state index contributed by atoms with van der Waals surface area (Å²) in [7, 11) is -2.48. The number of aliphatic imine (C=N–C) groups is 1. The van der Waals surface area contributed by atoms with E-state index in [2.05, 4.69) is 30.1 Å². The summed E-state index contributed by atoms with van der Waals surface area (Å²) in [5, 5.41) is 3.21. The van der Waals surface area contributed by atoms with Crippen molar-refractivity contribution in [3.63, 3.8) is 0 Å². The Balaban J connectivity index is 2.78. The Labute approximate surface area is 147 Å². The molecule has 0 fully saturated rings. The van der Waals surface area contributed by atoms with E-state index in [1.807, 2.05) is 24.4 Å². The van der Waals surface area contributed by atoms with Gasteiger partial charge in [-0.15, -0.1) is 29.7 Å². The van der Waals surface area contributed by atoms with Gasteiger partial charge in [-0.1, -0.05) is 32.9 Å². The van der Waals surface area contributed by atoms with Crippen molar-refractivity contribution >= 4 is 38.4 Å². The molecule has 0 aliphatic carbocycles. The van der Waals surface area contributed by atoms with E-state index < -0.39 is 16.3 Å². The predicted octanol–water partition coefficient (Wildman–Crippen LogP) is 3.47. The van der Waals surface area contributed by atoms with E-state index in [1.165, 1.54) is 6.08 Å². The molecule has 0 spiro atoms. The lowest BCUT2D eigenvalue weighted by Gasteiger charge is -2.30. The topological polar surface area (TPSA) is 78.8 Å². The molecular weight excluding hydrogens is 352 g/mol. The molecule has 1 unspecified atom stereocenters. The number of hydrogen-bond donors (Lipinski definition) is 2. The maximum Gasteiger partial charge on any atom is 0.333 e. The molecule has 4 atom stereocenters. The molecule has 23 heavy (non-hydrogen) atoms. The number of nitrogens with zero attached hydrogens (tertiary/aromatic N) is 1.